The second-order valence-electron chi connectivity index (χ2n) is 4.11. The summed E-state index contributed by atoms with van der Waals surface area (Å²) in [6.07, 6.45) is 2.36. The van der Waals surface area contributed by atoms with Crippen LogP contribution >= 0.6 is 0 Å². The fraction of sp³-hybridized carbons (Fsp3) is 0.500. The molecule has 19 heavy (non-hydrogen) atoms. The van der Waals surface area contributed by atoms with Crippen molar-refractivity contribution >= 4 is 5.69 Å². The van der Waals surface area contributed by atoms with Crippen molar-refractivity contribution in [2.24, 2.45) is 0 Å². The third-order valence-corrected chi connectivity index (χ3v) is 2.64. The fourth-order valence-corrected chi connectivity index (χ4v) is 1.62. The zero-order chi connectivity index (χ0) is 14.3. The molecule has 1 aromatic carbocycles. The first-order chi connectivity index (χ1) is 9.06. The summed E-state index contributed by atoms with van der Waals surface area (Å²) >= 11 is 0. The zero-order valence-corrected chi connectivity index (χ0v) is 10.4. The number of benzene rings is 1. The monoisotopic (exact) mass is 274 g/mol. The molecule has 0 aliphatic rings. The van der Waals surface area contributed by atoms with Gasteiger partial charge in [-0.3, -0.25) is 10.1 Å². The molecule has 0 saturated heterocycles. The summed E-state index contributed by atoms with van der Waals surface area (Å²) in [5.74, 6) is -1.97. The highest BCUT2D eigenvalue weighted by atomic mass is 19.1. The Morgan fingerprint density at radius 2 is 1.95 bits per heavy atom. The number of unbranched alkanes of at least 4 members (excludes halogenated alkanes) is 2. The lowest BCUT2D eigenvalue weighted by atomic mass is 10.1. The minimum atomic E-state index is -1.17. The minimum Gasteiger partial charge on any atom is -0.396 e. The summed E-state index contributed by atoms with van der Waals surface area (Å²) in [6.45, 7) is 0.843. The van der Waals surface area contributed by atoms with Crippen LogP contribution in [0.2, 0.25) is 0 Å². The van der Waals surface area contributed by atoms with Gasteiger partial charge in [-0.25, -0.2) is 4.39 Å². The van der Waals surface area contributed by atoms with Crippen molar-refractivity contribution in [3.63, 3.8) is 0 Å². The van der Waals surface area contributed by atoms with Crippen LogP contribution in [0.3, 0.4) is 0 Å². The molecule has 7 heteroatoms. The van der Waals surface area contributed by atoms with Gasteiger partial charge in [-0.15, -0.1) is 0 Å². The maximum Gasteiger partial charge on any atom is 0.305 e. The molecule has 0 aromatic heterocycles. The molecule has 0 atom stereocenters. The molecule has 0 spiro atoms. The van der Waals surface area contributed by atoms with Crippen LogP contribution in [-0.2, 0) is 6.54 Å². The average molecular weight is 274 g/mol. The Morgan fingerprint density at radius 1 is 1.21 bits per heavy atom. The number of halogens is 2. The second kappa shape index (κ2) is 7.75. The number of hydrogen-bond donors (Lipinski definition) is 2. The summed E-state index contributed by atoms with van der Waals surface area (Å²) in [5, 5.41) is 22.0. The molecule has 0 aliphatic carbocycles. The number of aliphatic hydroxyl groups excluding tert-OH is 1. The van der Waals surface area contributed by atoms with Gasteiger partial charge in [0, 0.05) is 30.8 Å². The first kappa shape index (κ1) is 15.5. The summed E-state index contributed by atoms with van der Waals surface area (Å²) in [5.41, 5.74) is -0.659. The molecule has 0 heterocycles. The van der Waals surface area contributed by atoms with Crippen molar-refractivity contribution in [2.75, 3.05) is 13.2 Å². The summed E-state index contributed by atoms with van der Waals surface area (Å²) < 4.78 is 26.5. The molecule has 106 valence electrons. The first-order valence-electron chi connectivity index (χ1n) is 6.00. The van der Waals surface area contributed by atoms with Crippen molar-refractivity contribution in [2.45, 2.75) is 25.8 Å². The first-order valence-corrected chi connectivity index (χ1v) is 6.00. The number of nitro benzene ring substituents is 1. The lowest BCUT2D eigenvalue weighted by Crippen LogP contribution is -2.16. The molecule has 1 rings (SSSR count). The van der Waals surface area contributed by atoms with Gasteiger partial charge >= 0.3 is 5.69 Å². The molecule has 0 fully saturated rings. The molecule has 0 unspecified atom stereocenters. The van der Waals surface area contributed by atoms with E-state index >= 15 is 0 Å². The van der Waals surface area contributed by atoms with E-state index in [0.29, 0.717) is 19.0 Å². The predicted molar refractivity (Wildman–Crippen MR) is 65.7 cm³/mol. The summed E-state index contributed by atoms with van der Waals surface area (Å²) in [6, 6.07) is 1.44. The smallest absolute Gasteiger partial charge is 0.305 e. The summed E-state index contributed by atoms with van der Waals surface area (Å²) in [7, 11) is 0. The van der Waals surface area contributed by atoms with E-state index in [1.165, 1.54) is 0 Å². The predicted octanol–water partition coefficient (Wildman–Crippen LogP) is 2.13. The number of aliphatic hydroxyl groups is 1. The lowest BCUT2D eigenvalue weighted by Gasteiger charge is -2.06. The molecule has 2 N–H and O–H groups in total. The van der Waals surface area contributed by atoms with E-state index in [1.807, 2.05) is 0 Å². The average Bonchev–Trinajstić information content (AvgIpc) is 2.35. The molecule has 5 nitrogen and oxygen atoms in total. The lowest BCUT2D eigenvalue weighted by molar-refractivity contribution is -0.387. The minimum absolute atomic E-state index is 0.0651. The van der Waals surface area contributed by atoms with E-state index in [1.54, 1.807) is 0 Å². The maximum atomic E-state index is 13.4. The van der Waals surface area contributed by atoms with Gasteiger partial charge in [0.25, 0.3) is 0 Å². The van der Waals surface area contributed by atoms with Gasteiger partial charge in [-0.2, -0.15) is 4.39 Å². The van der Waals surface area contributed by atoms with Crippen molar-refractivity contribution in [3.05, 3.63) is 39.4 Å². The molecule has 0 aliphatic heterocycles. The van der Waals surface area contributed by atoms with Crippen LogP contribution in [0.15, 0.2) is 12.1 Å². The zero-order valence-electron chi connectivity index (χ0n) is 10.4. The van der Waals surface area contributed by atoms with Crippen LogP contribution in [0.1, 0.15) is 24.8 Å². The van der Waals surface area contributed by atoms with Gasteiger partial charge in [-0.1, -0.05) is 0 Å². The van der Waals surface area contributed by atoms with E-state index in [9.17, 15) is 18.9 Å². The molecular formula is C12H16F2N2O3. The van der Waals surface area contributed by atoms with Gasteiger partial charge in [-0.05, 0) is 25.8 Å². The second-order valence-corrected chi connectivity index (χ2v) is 4.11. The third-order valence-electron chi connectivity index (χ3n) is 2.64. The topological polar surface area (TPSA) is 75.4 Å². The van der Waals surface area contributed by atoms with Crippen LogP contribution in [-0.4, -0.2) is 23.2 Å². The van der Waals surface area contributed by atoms with Gasteiger partial charge < -0.3 is 10.4 Å². The van der Waals surface area contributed by atoms with Crippen molar-refractivity contribution in [1.82, 2.24) is 5.32 Å². The van der Waals surface area contributed by atoms with Crippen molar-refractivity contribution < 1.29 is 18.8 Å². The van der Waals surface area contributed by atoms with Crippen LogP contribution in [0, 0.1) is 21.7 Å². The number of hydrogen-bond acceptors (Lipinski definition) is 4. The van der Waals surface area contributed by atoms with E-state index in [0.717, 1.165) is 18.9 Å². The van der Waals surface area contributed by atoms with Gasteiger partial charge in [0.2, 0.25) is 5.82 Å². The molecule has 0 saturated carbocycles. The van der Waals surface area contributed by atoms with Crippen LogP contribution in [0.25, 0.3) is 0 Å². The van der Waals surface area contributed by atoms with Gasteiger partial charge in [0.05, 0.1) is 4.92 Å². The van der Waals surface area contributed by atoms with E-state index in [-0.39, 0.29) is 18.7 Å². The Bertz CT molecular complexity index is 441. The van der Waals surface area contributed by atoms with E-state index in [2.05, 4.69) is 5.32 Å². The Morgan fingerprint density at radius 3 is 2.58 bits per heavy atom. The largest absolute Gasteiger partial charge is 0.396 e. The Labute approximate surface area is 109 Å². The molecule has 0 amide bonds. The highest BCUT2D eigenvalue weighted by Gasteiger charge is 2.17. The van der Waals surface area contributed by atoms with Crippen LogP contribution in [0.4, 0.5) is 14.5 Å². The number of nitro groups is 1. The van der Waals surface area contributed by atoms with Gasteiger partial charge in [0.15, 0.2) is 0 Å². The van der Waals surface area contributed by atoms with Crippen LogP contribution < -0.4 is 5.32 Å². The van der Waals surface area contributed by atoms with Crippen molar-refractivity contribution in [1.29, 1.82) is 0 Å². The molecular weight excluding hydrogens is 258 g/mol. The van der Waals surface area contributed by atoms with Crippen LogP contribution in [0.5, 0.6) is 0 Å². The normalized spacial score (nSPS) is 10.7. The van der Waals surface area contributed by atoms with Gasteiger partial charge in [0.1, 0.15) is 5.82 Å². The number of nitrogens with zero attached hydrogens (tertiary/aromatic N) is 1. The quantitative estimate of drug-likeness (QED) is 0.432. The number of nitrogens with one attached hydrogen (secondary N) is 1. The highest BCUT2D eigenvalue weighted by molar-refractivity contribution is 5.37. The van der Waals surface area contributed by atoms with E-state index < -0.39 is 22.2 Å². The fourth-order valence-electron chi connectivity index (χ4n) is 1.62. The van der Waals surface area contributed by atoms with Crippen molar-refractivity contribution in [3.8, 4) is 0 Å². The van der Waals surface area contributed by atoms with E-state index in [4.69, 9.17) is 5.11 Å². The third kappa shape index (κ3) is 4.88. The molecule has 0 bridgehead atoms. The number of rotatable bonds is 8. The summed E-state index contributed by atoms with van der Waals surface area (Å²) in [4.78, 5) is 9.66. The molecule has 1 aromatic rings. The Kier molecular flexibility index (Phi) is 6.31. The Balaban J connectivity index is 2.53. The molecule has 0 radical (unpaired) electrons. The highest BCUT2D eigenvalue weighted by Crippen LogP contribution is 2.21. The Hall–Kier alpha value is -1.60. The standard InChI is InChI=1S/C12H16F2N2O3/c13-10-7-11(14)12(16(18)19)6-9(10)8-15-4-2-1-3-5-17/h6-7,15,17H,1-5,8H2. The SMILES string of the molecule is O=[N+]([O-])c1cc(CNCCCCCO)c(F)cc1F. The maximum absolute atomic E-state index is 13.4.